The number of carboxylic acid groups (broad SMARTS) is 1. The van der Waals surface area contributed by atoms with Crippen molar-refractivity contribution in [2.75, 3.05) is 19.6 Å². The summed E-state index contributed by atoms with van der Waals surface area (Å²) in [6, 6.07) is 0. The maximum atomic E-state index is 10.6. The Labute approximate surface area is 105 Å². The van der Waals surface area contributed by atoms with Crippen LogP contribution in [-0.2, 0) is 4.79 Å². The summed E-state index contributed by atoms with van der Waals surface area (Å²) in [4.78, 5) is 13.0. The maximum Gasteiger partial charge on any atom is 0.331 e. The summed E-state index contributed by atoms with van der Waals surface area (Å²) in [5.74, 6) is -0.789. The quantitative estimate of drug-likeness (QED) is 0.673. The van der Waals surface area contributed by atoms with E-state index < -0.39 is 5.97 Å². The second-order valence-corrected chi connectivity index (χ2v) is 3.90. The van der Waals surface area contributed by atoms with E-state index in [0.29, 0.717) is 5.57 Å². The van der Waals surface area contributed by atoms with Crippen molar-refractivity contribution in [2.45, 2.75) is 33.6 Å². The lowest BCUT2D eigenvalue weighted by atomic mass is 9.97. The molecule has 0 spiro atoms. The highest BCUT2D eigenvalue weighted by Crippen LogP contribution is 2.15. The van der Waals surface area contributed by atoms with E-state index in [1.54, 1.807) is 0 Å². The molecular weight excluding hydrogens is 226 g/mol. The van der Waals surface area contributed by atoms with Crippen molar-refractivity contribution in [3.05, 3.63) is 12.2 Å². The fourth-order valence-electron chi connectivity index (χ4n) is 1.55. The number of rotatable bonds is 8. The van der Waals surface area contributed by atoms with Gasteiger partial charge in [0, 0.05) is 5.57 Å². The molecule has 1 atom stereocenters. The van der Waals surface area contributed by atoms with Crippen molar-refractivity contribution in [3.63, 3.8) is 0 Å². The normalized spacial score (nSPS) is 12.0. The Morgan fingerprint density at radius 2 is 1.88 bits per heavy atom. The number of hydrogen-bond acceptors (Lipinski definition) is 2. The summed E-state index contributed by atoms with van der Waals surface area (Å²) < 4.78 is 0. The molecule has 0 aliphatic heterocycles. The Morgan fingerprint density at radius 1 is 1.38 bits per heavy atom. The van der Waals surface area contributed by atoms with Gasteiger partial charge in [-0.3, -0.25) is 0 Å². The Morgan fingerprint density at radius 3 is 2.25 bits per heavy atom. The topological polar surface area (TPSA) is 40.5 Å². The summed E-state index contributed by atoms with van der Waals surface area (Å²) in [6.45, 7) is 13.0. The molecule has 0 aliphatic carbocycles. The van der Waals surface area contributed by atoms with Gasteiger partial charge in [0.2, 0.25) is 0 Å². The minimum absolute atomic E-state index is 0. The molecule has 0 rings (SSSR count). The van der Waals surface area contributed by atoms with Gasteiger partial charge in [0.15, 0.2) is 0 Å². The average Bonchev–Trinajstić information content (AvgIpc) is 2.22. The average molecular weight is 250 g/mol. The van der Waals surface area contributed by atoms with Gasteiger partial charge < -0.3 is 10.0 Å². The Bertz CT molecular complexity index is 215. The van der Waals surface area contributed by atoms with Gasteiger partial charge in [0.1, 0.15) is 0 Å². The molecule has 0 aromatic carbocycles. The van der Waals surface area contributed by atoms with Crippen LogP contribution in [0.25, 0.3) is 0 Å². The molecule has 1 unspecified atom stereocenters. The molecule has 0 saturated carbocycles. The van der Waals surface area contributed by atoms with E-state index in [4.69, 9.17) is 5.11 Å². The predicted octanol–water partition coefficient (Wildman–Crippen LogP) is 2.81. The van der Waals surface area contributed by atoms with Crippen LogP contribution in [0.2, 0.25) is 0 Å². The third-order valence-corrected chi connectivity index (χ3v) is 2.88. The fraction of sp³-hybridized carbons (Fsp3) is 0.750. The summed E-state index contributed by atoms with van der Waals surface area (Å²) in [7, 11) is 0. The first-order chi connectivity index (χ1) is 7.02. The monoisotopic (exact) mass is 249 g/mol. The molecule has 1 N–H and O–H groups in total. The first-order valence-corrected chi connectivity index (χ1v) is 5.67. The van der Waals surface area contributed by atoms with Gasteiger partial charge in [-0.15, -0.1) is 12.4 Å². The molecule has 0 aromatic heterocycles. The van der Waals surface area contributed by atoms with E-state index in [0.717, 1.165) is 32.5 Å². The molecule has 16 heavy (non-hydrogen) atoms. The second kappa shape index (κ2) is 9.67. The summed E-state index contributed by atoms with van der Waals surface area (Å²) in [5, 5.41) is 8.74. The maximum absolute atomic E-state index is 10.6. The van der Waals surface area contributed by atoms with Crippen molar-refractivity contribution in [1.29, 1.82) is 0 Å². The number of carbonyl (C=O) groups is 1. The zero-order chi connectivity index (χ0) is 11.8. The van der Waals surface area contributed by atoms with E-state index in [9.17, 15) is 4.79 Å². The first-order valence-electron chi connectivity index (χ1n) is 5.67. The molecule has 0 heterocycles. The zero-order valence-corrected chi connectivity index (χ0v) is 11.3. The fourth-order valence-corrected chi connectivity index (χ4v) is 1.55. The van der Waals surface area contributed by atoms with Gasteiger partial charge in [-0.05, 0) is 38.4 Å². The van der Waals surface area contributed by atoms with Gasteiger partial charge in [-0.2, -0.15) is 0 Å². The molecule has 96 valence electrons. The number of aliphatic carboxylic acids is 1. The SMILES string of the molecule is C=C(C(=O)O)C(C)CCCN(CC)CC.Cl. The molecular formula is C12H24ClNO2. The molecule has 0 bridgehead atoms. The van der Waals surface area contributed by atoms with E-state index >= 15 is 0 Å². The van der Waals surface area contributed by atoms with Crippen LogP contribution in [0.5, 0.6) is 0 Å². The minimum Gasteiger partial charge on any atom is -0.478 e. The van der Waals surface area contributed by atoms with Crippen molar-refractivity contribution in [3.8, 4) is 0 Å². The van der Waals surface area contributed by atoms with Gasteiger partial charge in [0.05, 0.1) is 0 Å². The lowest BCUT2D eigenvalue weighted by Gasteiger charge is -2.19. The van der Waals surface area contributed by atoms with Gasteiger partial charge in [0.25, 0.3) is 0 Å². The molecule has 3 nitrogen and oxygen atoms in total. The number of hydrogen-bond donors (Lipinski definition) is 1. The van der Waals surface area contributed by atoms with E-state index in [1.165, 1.54) is 0 Å². The van der Waals surface area contributed by atoms with Crippen molar-refractivity contribution < 1.29 is 9.90 Å². The standard InChI is InChI=1S/C12H23NO2.ClH/c1-5-13(6-2)9-7-8-10(3)11(4)12(14)15;/h10H,4-9H2,1-3H3,(H,14,15);1H. The summed E-state index contributed by atoms with van der Waals surface area (Å²) >= 11 is 0. The van der Waals surface area contributed by atoms with Crippen molar-refractivity contribution in [1.82, 2.24) is 4.90 Å². The highest BCUT2D eigenvalue weighted by molar-refractivity contribution is 5.86. The van der Waals surface area contributed by atoms with Gasteiger partial charge >= 0.3 is 5.97 Å². The number of carboxylic acids is 1. The van der Waals surface area contributed by atoms with Crippen LogP contribution in [0.3, 0.4) is 0 Å². The van der Waals surface area contributed by atoms with E-state index in [-0.39, 0.29) is 18.3 Å². The second-order valence-electron chi connectivity index (χ2n) is 3.90. The Hall–Kier alpha value is -0.540. The van der Waals surface area contributed by atoms with E-state index in [1.807, 2.05) is 6.92 Å². The highest BCUT2D eigenvalue weighted by Gasteiger charge is 2.13. The summed E-state index contributed by atoms with van der Waals surface area (Å²) in [6.07, 6.45) is 1.94. The van der Waals surface area contributed by atoms with E-state index in [2.05, 4.69) is 25.3 Å². The van der Waals surface area contributed by atoms with Crippen LogP contribution in [-0.4, -0.2) is 35.6 Å². The van der Waals surface area contributed by atoms with Crippen LogP contribution >= 0.6 is 12.4 Å². The minimum atomic E-state index is -0.870. The molecule has 0 fully saturated rings. The third kappa shape index (κ3) is 6.85. The largest absolute Gasteiger partial charge is 0.478 e. The molecule has 0 saturated heterocycles. The lowest BCUT2D eigenvalue weighted by Crippen LogP contribution is -2.24. The Balaban J connectivity index is 0. The zero-order valence-electron chi connectivity index (χ0n) is 10.5. The van der Waals surface area contributed by atoms with Crippen LogP contribution in [0, 0.1) is 5.92 Å². The Kier molecular flexibility index (Phi) is 10.8. The summed E-state index contributed by atoms with van der Waals surface area (Å²) in [5.41, 5.74) is 0.328. The molecule has 0 amide bonds. The van der Waals surface area contributed by atoms with Crippen LogP contribution in [0.1, 0.15) is 33.6 Å². The number of halogens is 1. The molecule has 0 radical (unpaired) electrons. The van der Waals surface area contributed by atoms with Gasteiger partial charge in [-0.1, -0.05) is 27.4 Å². The highest BCUT2D eigenvalue weighted by atomic mass is 35.5. The van der Waals surface area contributed by atoms with Crippen LogP contribution in [0.15, 0.2) is 12.2 Å². The van der Waals surface area contributed by atoms with Crippen LogP contribution < -0.4 is 0 Å². The smallest absolute Gasteiger partial charge is 0.331 e. The van der Waals surface area contributed by atoms with Crippen LogP contribution in [0.4, 0.5) is 0 Å². The molecule has 0 aromatic rings. The lowest BCUT2D eigenvalue weighted by molar-refractivity contribution is -0.133. The van der Waals surface area contributed by atoms with Crippen molar-refractivity contribution >= 4 is 18.4 Å². The molecule has 0 aliphatic rings. The van der Waals surface area contributed by atoms with Crippen molar-refractivity contribution in [2.24, 2.45) is 5.92 Å². The first kappa shape index (κ1) is 17.8. The van der Waals surface area contributed by atoms with Gasteiger partial charge in [-0.25, -0.2) is 4.79 Å². The predicted molar refractivity (Wildman–Crippen MR) is 70.2 cm³/mol. The third-order valence-electron chi connectivity index (χ3n) is 2.88. The number of nitrogens with zero attached hydrogens (tertiary/aromatic N) is 1. The molecule has 4 heteroatoms.